The van der Waals surface area contributed by atoms with Crippen LogP contribution in [0.2, 0.25) is 0 Å². The number of hydrogen-bond donors (Lipinski definition) is 1. The van der Waals surface area contributed by atoms with E-state index in [0.717, 1.165) is 11.6 Å². The molecular formula is C14H23N3O. The minimum atomic E-state index is -0.0528. The molecule has 0 spiro atoms. The highest BCUT2D eigenvalue weighted by Crippen LogP contribution is 2.38. The van der Waals surface area contributed by atoms with Gasteiger partial charge in [-0.15, -0.1) is 0 Å². The van der Waals surface area contributed by atoms with Gasteiger partial charge in [0, 0.05) is 12.4 Å². The van der Waals surface area contributed by atoms with E-state index in [2.05, 4.69) is 16.9 Å². The van der Waals surface area contributed by atoms with Gasteiger partial charge in [-0.3, -0.25) is 4.98 Å². The predicted octanol–water partition coefficient (Wildman–Crippen LogP) is 2.70. The Morgan fingerprint density at radius 1 is 1.39 bits per heavy atom. The number of nitrogens with zero attached hydrogens (tertiary/aromatic N) is 2. The van der Waals surface area contributed by atoms with Crippen molar-refractivity contribution in [3.8, 4) is 5.88 Å². The minimum Gasteiger partial charge on any atom is -0.480 e. The largest absolute Gasteiger partial charge is 0.480 e. The Morgan fingerprint density at radius 3 is 2.89 bits per heavy atom. The van der Waals surface area contributed by atoms with Crippen LogP contribution in [0.15, 0.2) is 12.4 Å². The Kier molecular flexibility index (Phi) is 4.53. The van der Waals surface area contributed by atoms with Crippen LogP contribution in [0.25, 0.3) is 0 Å². The molecule has 0 bridgehead atoms. The molecule has 0 aliphatic heterocycles. The molecule has 0 amide bonds. The van der Waals surface area contributed by atoms with Gasteiger partial charge in [-0.1, -0.05) is 26.2 Å². The average Bonchev–Trinajstić information content (AvgIpc) is 2.46. The molecule has 1 heterocycles. The van der Waals surface area contributed by atoms with Gasteiger partial charge in [-0.05, 0) is 24.7 Å². The van der Waals surface area contributed by atoms with E-state index in [4.69, 9.17) is 10.5 Å². The highest BCUT2D eigenvalue weighted by Gasteiger charge is 2.29. The van der Waals surface area contributed by atoms with Crippen molar-refractivity contribution in [1.82, 2.24) is 9.97 Å². The van der Waals surface area contributed by atoms with Crippen LogP contribution in [0.1, 0.15) is 50.8 Å². The number of ether oxygens (including phenoxy) is 1. The van der Waals surface area contributed by atoms with Gasteiger partial charge in [0.25, 0.3) is 0 Å². The molecule has 3 unspecified atom stereocenters. The first kappa shape index (κ1) is 13.3. The molecule has 0 aromatic carbocycles. The Balaban J connectivity index is 2.12. The van der Waals surface area contributed by atoms with Crippen LogP contribution < -0.4 is 10.5 Å². The third kappa shape index (κ3) is 2.80. The van der Waals surface area contributed by atoms with Crippen molar-refractivity contribution in [3.05, 3.63) is 18.1 Å². The van der Waals surface area contributed by atoms with Gasteiger partial charge >= 0.3 is 0 Å². The van der Waals surface area contributed by atoms with Gasteiger partial charge in [0.1, 0.15) is 5.69 Å². The van der Waals surface area contributed by atoms with E-state index in [1.807, 2.05) is 0 Å². The fraction of sp³-hybridized carbons (Fsp3) is 0.714. The highest BCUT2D eigenvalue weighted by molar-refractivity contribution is 5.21. The van der Waals surface area contributed by atoms with Crippen LogP contribution in [0.4, 0.5) is 0 Å². The molecular weight excluding hydrogens is 226 g/mol. The van der Waals surface area contributed by atoms with Crippen molar-refractivity contribution in [2.24, 2.45) is 17.6 Å². The Hall–Kier alpha value is -1.16. The summed E-state index contributed by atoms with van der Waals surface area (Å²) in [5.41, 5.74) is 7.19. The number of rotatable bonds is 4. The van der Waals surface area contributed by atoms with E-state index in [9.17, 15) is 0 Å². The van der Waals surface area contributed by atoms with E-state index in [-0.39, 0.29) is 6.04 Å². The number of aromatic nitrogens is 2. The Bertz CT molecular complexity index is 383. The summed E-state index contributed by atoms with van der Waals surface area (Å²) in [6.45, 7) is 2.27. The van der Waals surface area contributed by atoms with Crippen molar-refractivity contribution < 1.29 is 4.74 Å². The molecule has 0 saturated heterocycles. The van der Waals surface area contributed by atoms with Gasteiger partial charge in [-0.2, -0.15) is 0 Å². The summed E-state index contributed by atoms with van der Waals surface area (Å²) in [6, 6.07) is -0.0528. The molecule has 4 heteroatoms. The molecule has 3 atom stereocenters. The van der Waals surface area contributed by atoms with Crippen LogP contribution in [0.3, 0.4) is 0 Å². The van der Waals surface area contributed by atoms with Crippen LogP contribution in [-0.4, -0.2) is 17.1 Å². The van der Waals surface area contributed by atoms with Crippen molar-refractivity contribution in [3.63, 3.8) is 0 Å². The zero-order valence-electron chi connectivity index (χ0n) is 11.3. The van der Waals surface area contributed by atoms with Crippen LogP contribution in [0, 0.1) is 11.8 Å². The summed E-state index contributed by atoms with van der Waals surface area (Å²) in [7, 11) is 1.62. The molecule has 1 aromatic rings. The van der Waals surface area contributed by atoms with Gasteiger partial charge in [0.05, 0.1) is 13.2 Å². The van der Waals surface area contributed by atoms with E-state index in [1.54, 1.807) is 19.5 Å². The topological polar surface area (TPSA) is 61.0 Å². The molecule has 18 heavy (non-hydrogen) atoms. The summed E-state index contributed by atoms with van der Waals surface area (Å²) in [5, 5.41) is 0. The predicted molar refractivity (Wildman–Crippen MR) is 71.3 cm³/mol. The van der Waals surface area contributed by atoms with Gasteiger partial charge in [0.2, 0.25) is 5.88 Å². The first-order chi connectivity index (χ1) is 8.76. The van der Waals surface area contributed by atoms with Crippen LogP contribution in [-0.2, 0) is 0 Å². The number of nitrogens with two attached hydrogens (primary N) is 1. The standard InChI is InChI=1S/C14H23N3O/c1-3-10-5-4-6-11(9-10)12(15)13-14(18-2)17-8-7-16-13/h7-8,10-12H,3-6,9,15H2,1-2H3. The smallest absolute Gasteiger partial charge is 0.236 e. The molecule has 1 aromatic heterocycles. The molecule has 1 saturated carbocycles. The lowest BCUT2D eigenvalue weighted by Gasteiger charge is -2.32. The quantitative estimate of drug-likeness (QED) is 0.891. The van der Waals surface area contributed by atoms with E-state index >= 15 is 0 Å². The summed E-state index contributed by atoms with van der Waals surface area (Å²) in [6.07, 6.45) is 9.61. The first-order valence-corrected chi connectivity index (χ1v) is 6.86. The maximum absolute atomic E-state index is 6.38. The van der Waals surface area contributed by atoms with Crippen molar-refractivity contribution >= 4 is 0 Å². The first-order valence-electron chi connectivity index (χ1n) is 6.86. The lowest BCUT2D eigenvalue weighted by molar-refractivity contribution is 0.225. The van der Waals surface area contributed by atoms with E-state index in [1.165, 1.54) is 32.1 Å². The number of methoxy groups -OCH3 is 1. The second-order valence-corrected chi connectivity index (χ2v) is 5.18. The van der Waals surface area contributed by atoms with E-state index in [0.29, 0.717) is 11.8 Å². The van der Waals surface area contributed by atoms with Crippen molar-refractivity contribution in [2.45, 2.75) is 45.1 Å². The molecule has 2 N–H and O–H groups in total. The van der Waals surface area contributed by atoms with Crippen LogP contribution >= 0.6 is 0 Å². The zero-order chi connectivity index (χ0) is 13.0. The van der Waals surface area contributed by atoms with Crippen molar-refractivity contribution in [2.75, 3.05) is 7.11 Å². The van der Waals surface area contributed by atoms with Gasteiger partial charge in [0.15, 0.2) is 0 Å². The lowest BCUT2D eigenvalue weighted by atomic mass is 9.76. The molecule has 0 radical (unpaired) electrons. The van der Waals surface area contributed by atoms with Crippen molar-refractivity contribution in [1.29, 1.82) is 0 Å². The molecule has 4 nitrogen and oxygen atoms in total. The summed E-state index contributed by atoms with van der Waals surface area (Å²) < 4.78 is 5.26. The maximum Gasteiger partial charge on any atom is 0.236 e. The summed E-state index contributed by atoms with van der Waals surface area (Å²) in [5.74, 6) is 1.90. The molecule has 1 aliphatic rings. The fourth-order valence-corrected chi connectivity index (χ4v) is 2.97. The third-order valence-corrected chi connectivity index (χ3v) is 4.11. The SMILES string of the molecule is CCC1CCCC(C(N)c2nccnc2OC)C1. The average molecular weight is 249 g/mol. The van der Waals surface area contributed by atoms with Gasteiger partial charge < -0.3 is 10.5 Å². The fourth-order valence-electron chi connectivity index (χ4n) is 2.97. The third-order valence-electron chi connectivity index (χ3n) is 4.11. The Labute approximate surface area is 109 Å². The number of hydrogen-bond acceptors (Lipinski definition) is 4. The van der Waals surface area contributed by atoms with Crippen LogP contribution in [0.5, 0.6) is 5.88 Å². The second-order valence-electron chi connectivity index (χ2n) is 5.18. The molecule has 1 fully saturated rings. The lowest BCUT2D eigenvalue weighted by Crippen LogP contribution is -2.28. The van der Waals surface area contributed by atoms with E-state index < -0.39 is 0 Å². The normalized spacial score (nSPS) is 25.7. The highest BCUT2D eigenvalue weighted by atomic mass is 16.5. The second kappa shape index (κ2) is 6.14. The molecule has 1 aliphatic carbocycles. The Morgan fingerprint density at radius 2 is 2.17 bits per heavy atom. The molecule has 2 rings (SSSR count). The monoisotopic (exact) mass is 249 g/mol. The minimum absolute atomic E-state index is 0.0528. The molecule has 100 valence electrons. The summed E-state index contributed by atoms with van der Waals surface area (Å²) in [4.78, 5) is 8.55. The zero-order valence-corrected chi connectivity index (χ0v) is 11.3. The summed E-state index contributed by atoms with van der Waals surface area (Å²) >= 11 is 0. The van der Waals surface area contributed by atoms with Gasteiger partial charge in [-0.25, -0.2) is 4.98 Å². The maximum atomic E-state index is 6.38.